The molecule has 3 N–H and O–H groups in total. The number of allylic oxidation sites excluding steroid dienone is 2. The summed E-state index contributed by atoms with van der Waals surface area (Å²) in [7, 11) is 2.87. The van der Waals surface area contributed by atoms with Gasteiger partial charge in [0.2, 0.25) is 17.7 Å². The molecule has 3 atom stereocenters. The zero-order valence-electron chi connectivity index (χ0n) is 26.4. The summed E-state index contributed by atoms with van der Waals surface area (Å²) in [6.45, 7) is 5.34. The van der Waals surface area contributed by atoms with Gasteiger partial charge in [0.15, 0.2) is 11.5 Å². The van der Waals surface area contributed by atoms with Gasteiger partial charge < -0.3 is 30.1 Å². The lowest BCUT2D eigenvalue weighted by Gasteiger charge is -2.30. The summed E-state index contributed by atoms with van der Waals surface area (Å²) >= 11 is 3.30. The van der Waals surface area contributed by atoms with E-state index in [1.54, 1.807) is 50.2 Å². The number of likely N-dealkylation sites (N-methyl/N-ethyl adjacent to an activating group) is 1. The SMILES string of the molecule is CO/C(=C1/NC(=O)C(Cc2ccc(O)c(Br)c2)N(C)C(=O)C(C)NC(=O)CCC/C=C(\C)CCC(C)OC1=O)c1ccccc1. The van der Waals surface area contributed by atoms with Crippen LogP contribution in [0.2, 0.25) is 0 Å². The molecule has 0 aliphatic carbocycles. The molecule has 1 heterocycles. The van der Waals surface area contributed by atoms with Crippen molar-refractivity contribution in [1.82, 2.24) is 15.5 Å². The van der Waals surface area contributed by atoms with Crippen molar-refractivity contribution < 1.29 is 33.8 Å². The summed E-state index contributed by atoms with van der Waals surface area (Å²) in [5, 5.41) is 15.5. The molecular weight excluding hydrogens is 642 g/mol. The van der Waals surface area contributed by atoms with Gasteiger partial charge >= 0.3 is 5.97 Å². The van der Waals surface area contributed by atoms with E-state index in [0.717, 1.165) is 5.57 Å². The second-order valence-corrected chi connectivity index (χ2v) is 12.1. The molecule has 11 heteroatoms. The van der Waals surface area contributed by atoms with Crippen LogP contribution in [-0.2, 0) is 35.1 Å². The van der Waals surface area contributed by atoms with Crippen LogP contribution in [0.25, 0.3) is 5.76 Å². The maximum atomic E-state index is 14.1. The Morgan fingerprint density at radius 2 is 1.80 bits per heavy atom. The van der Waals surface area contributed by atoms with Gasteiger partial charge in [-0.3, -0.25) is 14.4 Å². The summed E-state index contributed by atoms with van der Waals surface area (Å²) in [6.07, 6.45) is 4.40. The number of hydrogen-bond acceptors (Lipinski definition) is 7. The van der Waals surface area contributed by atoms with Gasteiger partial charge in [0.25, 0.3) is 0 Å². The number of aromatic hydroxyl groups is 1. The Morgan fingerprint density at radius 1 is 1.09 bits per heavy atom. The smallest absolute Gasteiger partial charge is 0.359 e. The number of rotatable bonds is 4. The van der Waals surface area contributed by atoms with Crippen molar-refractivity contribution in [3.63, 3.8) is 0 Å². The Hall–Kier alpha value is -4.12. The van der Waals surface area contributed by atoms with Gasteiger partial charge in [0, 0.05) is 25.5 Å². The van der Waals surface area contributed by atoms with Gasteiger partial charge in [0.1, 0.15) is 17.8 Å². The largest absolute Gasteiger partial charge is 0.507 e. The van der Waals surface area contributed by atoms with Crippen LogP contribution in [0.5, 0.6) is 5.75 Å². The van der Waals surface area contributed by atoms with Crippen LogP contribution >= 0.6 is 15.9 Å². The van der Waals surface area contributed by atoms with Crippen molar-refractivity contribution >= 4 is 45.4 Å². The number of phenols is 1. The van der Waals surface area contributed by atoms with E-state index in [4.69, 9.17) is 9.47 Å². The summed E-state index contributed by atoms with van der Waals surface area (Å²) in [5.74, 6) is -2.09. The molecule has 0 saturated heterocycles. The van der Waals surface area contributed by atoms with Gasteiger partial charge in [-0.2, -0.15) is 0 Å². The van der Waals surface area contributed by atoms with Crippen LogP contribution in [-0.4, -0.2) is 66.0 Å². The van der Waals surface area contributed by atoms with E-state index in [1.165, 1.54) is 25.1 Å². The third-order valence-electron chi connectivity index (χ3n) is 7.58. The molecule has 0 radical (unpaired) electrons. The van der Waals surface area contributed by atoms with Crippen molar-refractivity contribution in [3.8, 4) is 5.75 Å². The fraction of sp³-hybridized carbons (Fsp3) is 0.412. The molecule has 3 rings (SSSR count). The van der Waals surface area contributed by atoms with Crippen LogP contribution < -0.4 is 10.6 Å². The average molecular weight is 685 g/mol. The second-order valence-electron chi connectivity index (χ2n) is 11.2. The van der Waals surface area contributed by atoms with E-state index in [1.807, 2.05) is 13.0 Å². The van der Waals surface area contributed by atoms with E-state index in [2.05, 4.69) is 32.6 Å². The molecular formula is C34H42BrN3O7. The first-order chi connectivity index (χ1) is 21.4. The average Bonchev–Trinajstić information content (AvgIpc) is 3.01. The van der Waals surface area contributed by atoms with Crippen LogP contribution in [0.3, 0.4) is 0 Å². The zero-order chi connectivity index (χ0) is 33.1. The van der Waals surface area contributed by atoms with Crippen LogP contribution in [0.1, 0.15) is 64.0 Å². The molecule has 242 valence electrons. The third-order valence-corrected chi connectivity index (χ3v) is 8.22. The standard InChI is InChI=1S/C34H42BrN3O7/c1-21-11-9-10-14-29(40)36-23(3)33(42)38(4)27(20-24-17-18-28(39)26(35)19-24)32(41)37-30(34(43)45-22(2)16-15-21)31(44-5)25-12-7-6-8-13-25/h6-8,11-13,17-19,22-23,27,39H,9-10,14-16,20H2,1-5H3,(H,36,40)(H,37,41)/b21-11+,31-30+. The number of ether oxygens (including phenoxy) is 2. The van der Waals surface area contributed by atoms with Crippen LogP contribution in [0, 0.1) is 0 Å². The first kappa shape index (κ1) is 35.4. The number of halogens is 1. The maximum absolute atomic E-state index is 14.1. The fourth-order valence-electron chi connectivity index (χ4n) is 4.95. The van der Waals surface area contributed by atoms with Crippen molar-refractivity contribution in [2.24, 2.45) is 0 Å². The number of carbonyl (C=O) groups excluding carboxylic acids is 4. The lowest BCUT2D eigenvalue weighted by atomic mass is 10.0. The van der Waals surface area contributed by atoms with Gasteiger partial charge in [-0.05, 0) is 80.1 Å². The number of cyclic esters (lactones) is 1. The highest BCUT2D eigenvalue weighted by Gasteiger charge is 2.33. The molecule has 1 aliphatic rings. The Balaban J connectivity index is 2.09. The minimum absolute atomic E-state index is 0.0181. The number of nitrogens with zero attached hydrogens (tertiary/aromatic N) is 1. The van der Waals surface area contributed by atoms with Crippen LogP contribution in [0.15, 0.2) is 70.3 Å². The molecule has 10 nitrogen and oxygen atoms in total. The molecule has 1 aliphatic heterocycles. The van der Waals surface area contributed by atoms with E-state index >= 15 is 0 Å². The van der Waals surface area contributed by atoms with Crippen molar-refractivity contribution in [1.29, 1.82) is 0 Å². The normalized spacial score (nSPS) is 23.7. The van der Waals surface area contributed by atoms with Crippen LogP contribution in [0.4, 0.5) is 0 Å². The molecule has 0 saturated carbocycles. The fourth-order valence-corrected chi connectivity index (χ4v) is 5.37. The quantitative estimate of drug-likeness (QED) is 0.179. The minimum Gasteiger partial charge on any atom is -0.507 e. The number of benzene rings is 2. The Bertz CT molecular complexity index is 1440. The molecule has 2 aromatic rings. The maximum Gasteiger partial charge on any atom is 0.359 e. The number of carbonyl (C=O) groups is 4. The molecule has 0 bridgehead atoms. The molecule has 0 spiro atoms. The lowest BCUT2D eigenvalue weighted by molar-refractivity contribution is -0.146. The zero-order valence-corrected chi connectivity index (χ0v) is 28.0. The number of esters is 1. The van der Waals surface area contributed by atoms with E-state index in [9.17, 15) is 24.3 Å². The van der Waals surface area contributed by atoms with Gasteiger partial charge in [-0.1, -0.05) is 48.0 Å². The first-order valence-corrected chi connectivity index (χ1v) is 15.7. The molecule has 0 aromatic heterocycles. The molecule has 2 aromatic carbocycles. The highest BCUT2D eigenvalue weighted by Crippen LogP contribution is 2.26. The topological polar surface area (TPSA) is 134 Å². The van der Waals surface area contributed by atoms with E-state index < -0.39 is 36.0 Å². The van der Waals surface area contributed by atoms with Crippen molar-refractivity contribution in [2.75, 3.05) is 14.2 Å². The Morgan fingerprint density at radius 3 is 2.47 bits per heavy atom. The molecule has 0 fully saturated rings. The number of nitrogens with one attached hydrogen (secondary N) is 2. The highest BCUT2D eigenvalue weighted by atomic mass is 79.9. The second kappa shape index (κ2) is 16.8. The van der Waals surface area contributed by atoms with Gasteiger partial charge in [-0.15, -0.1) is 0 Å². The predicted octanol–water partition coefficient (Wildman–Crippen LogP) is 5.00. The molecule has 3 amide bonds. The molecule has 45 heavy (non-hydrogen) atoms. The summed E-state index contributed by atoms with van der Waals surface area (Å²) in [5.41, 5.74) is 2.08. The minimum atomic E-state index is -1.13. The highest BCUT2D eigenvalue weighted by molar-refractivity contribution is 9.10. The van der Waals surface area contributed by atoms with Gasteiger partial charge in [0.05, 0.1) is 17.7 Å². The third kappa shape index (κ3) is 10.2. The predicted molar refractivity (Wildman–Crippen MR) is 175 cm³/mol. The number of hydrogen-bond donors (Lipinski definition) is 3. The Labute approximate surface area is 273 Å². The van der Waals surface area contributed by atoms with Crippen molar-refractivity contribution in [2.45, 2.75) is 77.5 Å². The summed E-state index contributed by atoms with van der Waals surface area (Å²) < 4.78 is 11.9. The van der Waals surface area contributed by atoms with E-state index in [0.29, 0.717) is 41.3 Å². The van der Waals surface area contributed by atoms with E-state index in [-0.39, 0.29) is 36.0 Å². The number of amides is 3. The summed E-state index contributed by atoms with van der Waals surface area (Å²) in [4.78, 5) is 55.3. The number of methoxy groups -OCH3 is 1. The monoisotopic (exact) mass is 683 g/mol. The summed E-state index contributed by atoms with van der Waals surface area (Å²) in [6, 6.07) is 11.6. The lowest BCUT2D eigenvalue weighted by Crippen LogP contribution is -2.54. The van der Waals surface area contributed by atoms with Gasteiger partial charge in [-0.25, -0.2) is 4.79 Å². The molecule has 3 unspecified atom stereocenters. The Kier molecular flexibility index (Phi) is 13.2. The first-order valence-electron chi connectivity index (χ1n) is 15.0. The van der Waals surface area contributed by atoms with Crippen molar-refractivity contribution in [3.05, 3.63) is 81.5 Å². The number of phenolic OH excluding ortho intramolecular Hbond substituents is 1.